The number of hydrogen-bond acceptors (Lipinski definition) is 3. The van der Waals surface area contributed by atoms with Crippen molar-refractivity contribution in [2.75, 3.05) is 5.32 Å². The number of alkyl halides is 3. The number of carbonyl (C=O) groups is 1. The number of amides is 1. The van der Waals surface area contributed by atoms with Gasteiger partial charge in [0.1, 0.15) is 11.5 Å². The van der Waals surface area contributed by atoms with Gasteiger partial charge in [-0.15, -0.1) is 0 Å². The van der Waals surface area contributed by atoms with E-state index >= 15 is 0 Å². The van der Waals surface area contributed by atoms with Gasteiger partial charge in [-0.2, -0.15) is 13.2 Å². The van der Waals surface area contributed by atoms with Gasteiger partial charge in [0, 0.05) is 5.69 Å². The van der Waals surface area contributed by atoms with Crippen LogP contribution in [0.4, 0.5) is 18.9 Å². The summed E-state index contributed by atoms with van der Waals surface area (Å²) < 4.78 is 38.2. The molecule has 0 aromatic heterocycles. The minimum Gasteiger partial charge on any atom is -0.508 e. The molecule has 116 valence electrons. The molecule has 0 saturated carbocycles. The minimum absolute atomic E-state index is 0.0555. The van der Waals surface area contributed by atoms with Crippen LogP contribution in [0.25, 0.3) is 0 Å². The molecule has 0 aliphatic heterocycles. The Labute approximate surface area is 123 Å². The third-order valence-electron chi connectivity index (χ3n) is 2.89. The van der Waals surface area contributed by atoms with Crippen LogP contribution in [0.5, 0.6) is 11.5 Å². The van der Waals surface area contributed by atoms with Crippen molar-refractivity contribution in [1.29, 1.82) is 0 Å². The van der Waals surface area contributed by atoms with E-state index in [4.69, 9.17) is 0 Å². The quantitative estimate of drug-likeness (QED) is 0.741. The van der Waals surface area contributed by atoms with Crippen molar-refractivity contribution in [3.63, 3.8) is 0 Å². The minimum atomic E-state index is -4.53. The van der Waals surface area contributed by atoms with Gasteiger partial charge in [0.2, 0.25) is 0 Å². The molecule has 1 amide bonds. The van der Waals surface area contributed by atoms with Crippen LogP contribution in [0.1, 0.15) is 21.5 Å². The molecule has 0 bridgehead atoms. The molecule has 4 nitrogen and oxygen atoms in total. The summed E-state index contributed by atoms with van der Waals surface area (Å²) in [6.45, 7) is 1.47. The highest BCUT2D eigenvalue weighted by Crippen LogP contribution is 2.32. The van der Waals surface area contributed by atoms with Crippen molar-refractivity contribution in [3.8, 4) is 11.5 Å². The predicted molar refractivity (Wildman–Crippen MR) is 73.9 cm³/mol. The molecule has 22 heavy (non-hydrogen) atoms. The molecule has 0 heterocycles. The van der Waals surface area contributed by atoms with Crippen LogP contribution in [0.2, 0.25) is 0 Å². The fourth-order valence-electron chi connectivity index (χ4n) is 1.92. The number of anilines is 1. The van der Waals surface area contributed by atoms with Crippen LogP contribution in [-0.2, 0) is 6.18 Å². The Morgan fingerprint density at radius 3 is 2.41 bits per heavy atom. The van der Waals surface area contributed by atoms with Gasteiger partial charge >= 0.3 is 6.18 Å². The molecule has 3 N–H and O–H groups in total. The summed E-state index contributed by atoms with van der Waals surface area (Å²) in [6.07, 6.45) is -4.53. The van der Waals surface area contributed by atoms with E-state index in [9.17, 15) is 28.2 Å². The van der Waals surface area contributed by atoms with E-state index in [0.717, 1.165) is 24.3 Å². The van der Waals surface area contributed by atoms with E-state index in [-0.39, 0.29) is 22.7 Å². The summed E-state index contributed by atoms with van der Waals surface area (Å²) in [6, 6.07) is 6.44. The third-order valence-corrected chi connectivity index (χ3v) is 2.89. The average Bonchev–Trinajstić information content (AvgIpc) is 2.39. The smallest absolute Gasteiger partial charge is 0.416 e. The summed E-state index contributed by atoms with van der Waals surface area (Å²) in [5, 5.41) is 21.1. The Kier molecular flexibility index (Phi) is 3.99. The zero-order valence-corrected chi connectivity index (χ0v) is 11.4. The first-order valence-corrected chi connectivity index (χ1v) is 6.19. The van der Waals surface area contributed by atoms with Crippen LogP contribution < -0.4 is 5.32 Å². The second-order valence-corrected chi connectivity index (χ2v) is 4.74. The van der Waals surface area contributed by atoms with Gasteiger partial charge in [0.25, 0.3) is 5.91 Å². The summed E-state index contributed by atoms with van der Waals surface area (Å²) in [4.78, 5) is 12.0. The summed E-state index contributed by atoms with van der Waals surface area (Å²) in [7, 11) is 0. The van der Waals surface area contributed by atoms with Gasteiger partial charge in [-0.3, -0.25) is 4.79 Å². The number of aromatic hydroxyl groups is 2. The van der Waals surface area contributed by atoms with E-state index in [1.807, 2.05) is 0 Å². The van der Waals surface area contributed by atoms with E-state index in [0.29, 0.717) is 5.56 Å². The number of halogens is 3. The molecular formula is C15H12F3NO3. The Balaban J connectivity index is 2.32. The highest BCUT2D eigenvalue weighted by molar-refractivity contribution is 6.06. The maximum absolute atomic E-state index is 12.7. The molecule has 0 aliphatic rings. The van der Waals surface area contributed by atoms with Gasteiger partial charge in [0.05, 0.1) is 11.1 Å². The molecule has 0 fully saturated rings. The first kappa shape index (κ1) is 15.7. The number of carbonyl (C=O) groups excluding carboxylic acids is 1. The maximum Gasteiger partial charge on any atom is 0.416 e. The largest absolute Gasteiger partial charge is 0.508 e. The fourth-order valence-corrected chi connectivity index (χ4v) is 1.92. The SMILES string of the molecule is Cc1cc(NC(=O)c2cc(O)ccc2O)cc(C(F)(F)F)c1. The Bertz CT molecular complexity index is 726. The van der Waals surface area contributed by atoms with Gasteiger partial charge in [-0.05, 0) is 48.9 Å². The van der Waals surface area contributed by atoms with Crippen LogP contribution in [0.15, 0.2) is 36.4 Å². The zero-order chi connectivity index (χ0) is 16.5. The number of phenolic OH excluding ortho intramolecular Hbond substituents is 2. The van der Waals surface area contributed by atoms with Crippen molar-refractivity contribution < 1.29 is 28.2 Å². The Morgan fingerprint density at radius 2 is 1.77 bits per heavy atom. The third kappa shape index (κ3) is 3.49. The molecule has 2 rings (SSSR count). The van der Waals surface area contributed by atoms with Crippen LogP contribution in [-0.4, -0.2) is 16.1 Å². The number of benzene rings is 2. The lowest BCUT2D eigenvalue weighted by Crippen LogP contribution is -2.13. The first-order valence-electron chi connectivity index (χ1n) is 6.19. The number of rotatable bonds is 2. The zero-order valence-electron chi connectivity index (χ0n) is 11.4. The van der Waals surface area contributed by atoms with E-state index in [1.165, 1.54) is 19.1 Å². The second kappa shape index (κ2) is 5.59. The van der Waals surface area contributed by atoms with E-state index < -0.39 is 17.6 Å². The number of aryl methyl sites for hydroxylation is 1. The molecule has 0 radical (unpaired) electrons. The summed E-state index contributed by atoms with van der Waals surface area (Å²) in [5.74, 6) is -1.46. The predicted octanol–water partition coefficient (Wildman–Crippen LogP) is 3.68. The first-order chi connectivity index (χ1) is 10.2. The molecule has 0 spiro atoms. The summed E-state index contributed by atoms with van der Waals surface area (Å²) in [5.41, 5.74) is -0.858. The molecule has 7 heteroatoms. The number of nitrogens with one attached hydrogen (secondary N) is 1. The lowest BCUT2D eigenvalue weighted by Gasteiger charge is -2.12. The highest BCUT2D eigenvalue weighted by atomic mass is 19.4. The molecule has 0 unspecified atom stereocenters. The topological polar surface area (TPSA) is 69.6 Å². The molecule has 0 atom stereocenters. The normalized spacial score (nSPS) is 11.3. The number of hydrogen-bond donors (Lipinski definition) is 3. The lowest BCUT2D eigenvalue weighted by molar-refractivity contribution is -0.137. The van der Waals surface area contributed by atoms with Crippen LogP contribution in [0.3, 0.4) is 0 Å². The highest BCUT2D eigenvalue weighted by Gasteiger charge is 2.31. The maximum atomic E-state index is 12.7. The van der Waals surface area contributed by atoms with Crippen molar-refractivity contribution in [3.05, 3.63) is 53.1 Å². The van der Waals surface area contributed by atoms with Crippen LogP contribution in [0, 0.1) is 6.92 Å². The van der Waals surface area contributed by atoms with Gasteiger partial charge in [0.15, 0.2) is 0 Å². The second-order valence-electron chi connectivity index (χ2n) is 4.74. The average molecular weight is 311 g/mol. The van der Waals surface area contributed by atoms with Crippen molar-refractivity contribution in [1.82, 2.24) is 0 Å². The van der Waals surface area contributed by atoms with Gasteiger partial charge in [-0.1, -0.05) is 0 Å². The standard InChI is InChI=1S/C15H12F3NO3/c1-8-4-9(15(16,17)18)6-10(5-8)19-14(22)12-7-11(20)2-3-13(12)21/h2-7,20-21H,1H3,(H,19,22). The Morgan fingerprint density at radius 1 is 1.09 bits per heavy atom. The molecule has 0 saturated heterocycles. The van der Waals surface area contributed by atoms with Gasteiger partial charge < -0.3 is 15.5 Å². The van der Waals surface area contributed by atoms with Crippen molar-refractivity contribution >= 4 is 11.6 Å². The lowest BCUT2D eigenvalue weighted by atomic mass is 10.1. The van der Waals surface area contributed by atoms with Crippen LogP contribution >= 0.6 is 0 Å². The monoisotopic (exact) mass is 311 g/mol. The summed E-state index contributed by atoms with van der Waals surface area (Å²) >= 11 is 0. The van der Waals surface area contributed by atoms with E-state index in [1.54, 1.807) is 0 Å². The van der Waals surface area contributed by atoms with Crippen molar-refractivity contribution in [2.24, 2.45) is 0 Å². The molecule has 2 aromatic rings. The molecule has 2 aromatic carbocycles. The number of phenols is 2. The fraction of sp³-hybridized carbons (Fsp3) is 0.133. The van der Waals surface area contributed by atoms with Crippen molar-refractivity contribution in [2.45, 2.75) is 13.1 Å². The molecule has 0 aliphatic carbocycles. The Hall–Kier alpha value is -2.70. The van der Waals surface area contributed by atoms with Gasteiger partial charge in [-0.25, -0.2) is 0 Å². The van der Waals surface area contributed by atoms with E-state index in [2.05, 4.69) is 5.32 Å². The molecular weight excluding hydrogens is 299 g/mol.